The highest BCUT2D eigenvalue weighted by molar-refractivity contribution is 7.09. The highest BCUT2D eigenvalue weighted by atomic mass is 32.1. The van der Waals surface area contributed by atoms with Gasteiger partial charge in [-0.05, 0) is 98.4 Å². The number of aliphatic hydroxyl groups is 3. The Kier molecular flexibility index (Phi) is 13.0. The van der Waals surface area contributed by atoms with Gasteiger partial charge in [-0.3, -0.25) is 9.69 Å². The van der Waals surface area contributed by atoms with Crippen LogP contribution in [0.15, 0.2) is 108 Å². The fourth-order valence-electron chi connectivity index (χ4n) is 8.51. The summed E-state index contributed by atoms with van der Waals surface area (Å²) in [6.07, 6.45) is 6.74. The number of nitrogens with zero attached hydrogens (tertiary/aromatic N) is 1. The van der Waals surface area contributed by atoms with Crippen LogP contribution in [-0.4, -0.2) is 70.1 Å². The van der Waals surface area contributed by atoms with E-state index in [1.165, 1.54) is 10.5 Å². The number of carbonyl (C=O) groups excluding carboxylic acids is 1. The normalized spacial score (nSPS) is 24.3. The number of rotatable bonds is 13. The third-order valence-corrected chi connectivity index (χ3v) is 12.5. The molecule has 0 saturated heterocycles. The molecule has 0 radical (unpaired) electrons. The molecule has 276 valence electrons. The van der Waals surface area contributed by atoms with Crippen molar-refractivity contribution in [2.24, 2.45) is 5.41 Å². The Morgan fingerprint density at radius 3 is 2.52 bits per heavy atom. The van der Waals surface area contributed by atoms with Crippen molar-refractivity contribution in [3.63, 3.8) is 0 Å². The van der Waals surface area contributed by atoms with Crippen molar-refractivity contribution in [2.75, 3.05) is 26.2 Å². The molecule has 0 unspecified atom stereocenters. The molecule has 2 bridgehead atoms. The van der Waals surface area contributed by atoms with Crippen molar-refractivity contribution in [3.05, 3.63) is 141 Å². The highest BCUT2D eigenvalue weighted by Crippen LogP contribution is 2.59. The third kappa shape index (κ3) is 9.37. The molecule has 0 spiro atoms. The standard InChI is InChI=1S/C45H55NO5S/c1-33-11-9-23-44(2)42(40-20-18-35(27-37(47)19-17-33)28-41(40)43(49)36-14-7-4-8-15-36)21-24-45(44,50)32-46(25-22-39-16-10-26-52-39)29-38(48)31-51-30-34-12-5-3-6-13-34/h3-8,10-16,18,20,26,28,37-38,42,47-48,50H,9,17,19,21-25,27,29-32H2,1-2H3/t37-,38+,42-,44-,45+/m0/s1. The predicted octanol–water partition coefficient (Wildman–Crippen LogP) is 8.14. The molecule has 3 aromatic carbocycles. The molecule has 3 aliphatic carbocycles. The van der Waals surface area contributed by atoms with Crippen molar-refractivity contribution in [1.82, 2.24) is 4.90 Å². The minimum atomic E-state index is -1.07. The number of fused-ring (bicyclic) bond motifs is 8. The summed E-state index contributed by atoms with van der Waals surface area (Å²) in [6.45, 7) is 6.51. The molecule has 4 aromatic rings. The summed E-state index contributed by atoms with van der Waals surface area (Å²) < 4.78 is 5.94. The molecule has 7 rings (SSSR count). The minimum Gasteiger partial charge on any atom is -0.393 e. The van der Waals surface area contributed by atoms with Crippen LogP contribution in [-0.2, 0) is 24.2 Å². The second-order valence-corrected chi connectivity index (χ2v) is 16.4. The van der Waals surface area contributed by atoms with E-state index in [2.05, 4.69) is 54.5 Å². The van der Waals surface area contributed by atoms with Crippen LogP contribution in [0.4, 0.5) is 0 Å². The number of hydrogen-bond acceptors (Lipinski definition) is 7. The molecule has 1 saturated carbocycles. The SMILES string of the molecule is CC1=CCC[C@@]2(C)[C@@H](CC[C@@]2(O)CN(CCc2cccs2)C[C@@H](O)COCc2ccccc2)c2ccc(cc2C(=O)c2ccccc2)C[C@@H](O)CC1. The minimum absolute atomic E-state index is 0.0243. The van der Waals surface area contributed by atoms with Crippen molar-refractivity contribution in [2.45, 2.75) is 95.5 Å². The lowest BCUT2D eigenvalue weighted by atomic mass is 9.64. The van der Waals surface area contributed by atoms with Gasteiger partial charge in [0, 0.05) is 41.1 Å². The summed E-state index contributed by atoms with van der Waals surface area (Å²) in [5.74, 6) is -0.0854. The molecule has 0 aliphatic heterocycles. The number of benzene rings is 3. The molecule has 52 heavy (non-hydrogen) atoms. The molecule has 0 amide bonds. The van der Waals surface area contributed by atoms with Gasteiger partial charge in [0.1, 0.15) is 0 Å². The lowest BCUT2D eigenvalue weighted by Gasteiger charge is -2.46. The first kappa shape index (κ1) is 38.3. The van der Waals surface area contributed by atoms with Crippen molar-refractivity contribution in [3.8, 4) is 0 Å². The van der Waals surface area contributed by atoms with Gasteiger partial charge < -0.3 is 20.1 Å². The van der Waals surface area contributed by atoms with Gasteiger partial charge in [-0.15, -0.1) is 11.3 Å². The number of allylic oxidation sites excluding steroid dienone is 2. The van der Waals surface area contributed by atoms with Crippen LogP contribution in [0, 0.1) is 5.41 Å². The number of carbonyl (C=O) groups is 1. The fraction of sp³-hybridized carbons (Fsp3) is 0.444. The molecule has 3 N–H and O–H groups in total. The zero-order valence-electron chi connectivity index (χ0n) is 30.8. The van der Waals surface area contributed by atoms with Crippen LogP contribution in [0.25, 0.3) is 0 Å². The van der Waals surface area contributed by atoms with Crippen LogP contribution >= 0.6 is 11.3 Å². The fourth-order valence-corrected chi connectivity index (χ4v) is 9.21. The zero-order valence-corrected chi connectivity index (χ0v) is 31.6. The first-order valence-corrected chi connectivity index (χ1v) is 19.8. The number of ketones is 1. The van der Waals surface area contributed by atoms with Gasteiger partial charge in [0.25, 0.3) is 0 Å². The van der Waals surface area contributed by atoms with Crippen molar-refractivity contribution >= 4 is 17.1 Å². The molecule has 7 heteroatoms. The number of thiophene rings is 1. The predicted molar refractivity (Wildman–Crippen MR) is 210 cm³/mol. The van der Waals surface area contributed by atoms with Gasteiger partial charge in [-0.25, -0.2) is 0 Å². The summed E-state index contributed by atoms with van der Waals surface area (Å²) in [5, 5.41) is 37.3. The zero-order chi connectivity index (χ0) is 36.6. The summed E-state index contributed by atoms with van der Waals surface area (Å²) >= 11 is 1.73. The Morgan fingerprint density at radius 1 is 1.00 bits per heavy atom. The third-order valence-electron chi connectivity index (χ3n) is 11.6. The Balaban J connectivity index is 1.31. The van der Waals surface area contributed by atoms with E-state index in [0.717, 1.165) is 48.8 Å². The van der Waals surface area contributed by atoms with E-state index in [4.69, 9.17) is 4.74 Å². The quantitative estimate of drug-likeness (QED) is 0.0955. The lowest BCUT2D eigenvalue weighted by Crippen LogP contribution is -2.54. The molecular formula is C45H55NO5S. The van der Waals surface area contributed by atoms with Gasteiger partial charge in [0.15, 0.2) is 5.78 Å². The maximum Gasteiger partial charge on any atom is 0.193 e. The monoisotopic (exact) mass is 721 g/mol. The molecule has 5 atom stereocenters. The second-order valence-electron chi connectivity index (χ2n) is 15.4. The van der Waals surface area contributed by atoms with Crippen LogP contribution in [0.3, 0.4) is 0 Å². The van der Waals surface area contributed by atoms with Gasteiger partial charge in [-0.2, -0.15) is 0 Å². The topological polar surface area (TPSA) is 90.2 Å². The van der Waals surface area contributed by atoms with E-state index in [1.54, 1.807) is 11.3 Å². The van der Waals surface area contributed by atoms with Crippen LogP contribution in [0.1, 0.15) is 95.8 Å². The largest absolute Gasteiger partial charge is 0.393 e. The summed E-state index contributed by atoms with van der Waals surface area (Å²) in [4.78, 5) is 17.8. The van der Waals surface area contributed by atoms with Gasteiger partial charge in [0.2, 0.25) is 0 Å². The lowest BCUT2D eigenvalue weighted by molar-refractivity contribution is -0.0905. The Bertz CT molecular complexity index is 1760. The van der Waals surface area contributed by atoms with E-state index in [-0.39, 0.29) is 18.3 Å². The summed E-state index contributed by atoms with van der Waals surface area (Å²) in [5.41, 5.74) is 3.92. The molecule has 3 aliphatic rings. The highest BCUT2D eigenvalue weighted by Gasteiger charge is 2.57. The summed E-state index contributed by atoms with van der Waals surface area (Å²) in [7, 11) is 0. The Labute approximate surface area is 313 Å². The van der Waals surface area contributed by atoms with Crippen molar-refractivity contribution in [1.29, 1.82) is 0 Å². The van der Waals surface area contributed by atoms with E-state index < -0.39 is 23.2 Å². The van der Waals surface area contributed by atoms with E-state index >= 15 is 0 Å². The van der Waals surface area contributed by atoms with Crippen LogP contribution in [0.5, 0.6) is 0 Å². The number of hydrogen-bond donors (Lipinski definition) is 3. The average molecular weight is 722 g/mol. The van der Waals surface area contributed by atoms with Crippen LogP contribution in [0.2, 0.25) is 0 Å². The maximum atomic E-state index is 14.3. The molecular weight excluding hydrogens is 667 g/mol. The van der Waals surface area contributed by atoms with E-state index in [9.17, 15) is 20.1 Å². The second kappa shape index (κ2) is 17.6. The molecule has 6 nitrogen and oxygen atoms in total. The first-order valence-electron chi connectivity index (χ1n) is 19.0. The average Bonchev–Trinajstić information content (AvgIpc) is 3.76. The number of ether oxygens (including phenoxy) is 1. The molecule has 1 heterocycles. The van der Waals surface area contributed by atoms with Gasteiger partial charge in [0.05, 0.1) is 31.0 Å². The Morgan fingerprint density at radius 2 is 1.77 bits per heavy atom. The number of aliphatic hydroxyl groups excluding tert-OH is 2. The van der Waals surface area contributed by atoms with Gasteiger partial charge in [-0.1, -0.05) is 97.4 Å². The van der Waals surface area contributed by atoms with Crippen LogP contribution < -0.4 is 0 Å². The maximum absolute atomic E-state index is 14.3. The Hall–Kier alpha value is -3.43. The van der Waals surface area contributed by atoms with Gasteiger partial charge >= 0.3 is 0 Å². The van der Waals surface area contributed by atoms with Crippen molar-refractivity contribution < 1.29 is 24.9 Å². The van der Waals surface area contributed by atoms with E-state index in [0.29, 0.717) is 56.6 Å². The first-order chi connectivity index (χ1) is 25.1. The molecule has 1 aromatic heterocycles. The molecule has 1 fully saturated rings. The summed E-state index contributed by atoms with van der Waals surface area (Å²) in [6, 6.07) is 29.8. The smallest absolute Gasteiger partial charge is 0.193 e. The van der Waals surface area contributed by atoms with E-state index in [1.807, 2.05) is 66.7 Å².